The molecular weight excluding hydrogens is 344 g/mol. The Morgan fingerprint density at radius 3 is 2.15 bits per heavy atom. The van der Waals surface area contributed by atoms with E-state index in [0.717, 1.165) is 25.9 Å². The normalized spacial score (nSPS) is 10.2. The van der Waals surface area contributed by atoms with Crippen LogP contribution in [0.15, 0.2) is 24.3 Å². The van der Waals surface area contributed by atoms with Gasteiger partial charge in [-0.3, -0.25) is 9.59 Å². The first kappa shape index (κ1) is 22.5. The highest BCUT2D eigenvalue weighted by molar-refractivity contribution is 5.93. The van der Waals surface area contributed by atoms with Gasteiger partial charge in [0.1, 0.15) is 0 Å². The first-order chi connectivity index (χ1) is 13.0. The van der Waals surface area contributed by atoms with Gasteiger partial charge >= 0.3 is 6.03 Å². The van der Waals surface area contributed by atoms with Crippen LogP contribution in [0.4, 0.5) is 16.2 Å². The second kappa shape index (κ2) is 12.7. The minimum absolute atomic E-state index is 0.111. The van der Waals surface area contributed by atoms with E-state index in [1.54, 1.807) is 24.3 Å². The van der Waals surface area contributed by atoms with Crippen molar-refractivity contribution in [2.45, 2.75) is 52.9 Å². The predicted molar refractivity (Wildman–Crippen MR) is 109 cm³/mol. The highest BCUT2D eigenvalue weighted by Gasteiger charge is 2.12. The van der Waals surface area contributed by atoms with E-state index in [1.165, 1.54) is 0 Å². The molecule has 0 atom stereocenters. The summed E-state index contributed by atoms with van der Waals surface area (Å²) in [4.78, 5) is 37.8. The molecule has 27 heavy (non-hydrogen) atoms. The molecule has 1 aromatic rings. The lowest BCUT2D eigenvalue weighted by molar-refractivity contribution is -0.131. The number of carbonyl (C=O) groups excluding carboxylic acids is 3. The van der Waals surface area contributed by atoms with Gasteiger partial charge in [-0.25, -0.2) is 4.79 Å². The highest BCUT2D eigenvalue weighted by Crippen LogP contribution is 2.15. The zero-order chi connectivity index (χ0) is 20.1. The third kappa shape index (κ3) is 9.08. The molecule has 0 saturated heterocycles. The van der Waals surface area contributed by atoms with Gasteiger partial charge in [-0.15, -0.1) is 0 Å². The van der Waals surface area contributed by atoms with Gasteiger partial charge in [-0.1, -0.05) is 19.9 Å². The number of benzene rings is 1. The van der Waals surface area contributed by atoms with Gasteiger partial charge in [-0.2, -0.15) is 0 Å². The Bertz CT molecular complexity index is 613. The summed E-state index contributed by atoms with van der Waals surface area (Å²) < 4.78 is 0. The lowest BCUT2D eigenvalue weighted by Gasteiger charge is -2.21. The van der Waals surface area contributed by atoms with Crippen LogP contribution >= 0.6 is 0 Å². The van der Waals surface area contributed by atoms with Crippen molar-refractivity contribution in [1.29, 1.82) is 0 Å². The summed E-state index contributed by atoms with van der Waals surface area (Å²) in [6.45, 7) is 8.02. The van der Waals surface area contributed by atoms with E-state index in [0.29, 0.717) is 30.8 Å². The minimum Gasteiger partial charge on any atom is -0.343 e. The monoisotopic (exact) mass is 376 g/mol. The molecule has 1 aromatic carbocycles. The average Bonchev–Trinajstić information content (AvgIpc) is 2.62. The van der Waals surface area contributed by atoms with Gasteiger partial charge in [0.15, 0.2) is 0 Å². The van der Waals surface area contributed by atoms with Crippen molar-refractivity contribution >= 4 is 29.2 Å². The summed E-state index contributed by atoms with van der Waals surface area (Å²) in [5.74, 6) is -0.0323. The third-order valence-corrected chi connectivity index (χ3v) is 3.88. The van der Waals surface area contributed by atoms with Gasteiger partial charge in [0.2, 0.25) is 11.8 Å². The third-order valence-electron chi connectivity index (χ3n) is 3.88. The standard InChI is InChI=1S/C20H32N4O3/c1-4-13-24(14-5-2)19(26)12-8-11-18(25)22-16-9-7-10-17(15-16)23-20(27)21-6-3/h7,9-10,15H,4-6,8,11-14H2,1-3H3,(H,22,25)(H2,21,23,27). The second-order valence-electron chi connectivity index (χ2n) is 6.35. The molecule has 0 spiro atoms. The van der Waals surface area contributed by atoms with E-state index in [4.69, 9.17) is 0 Å². The van der Waals surface area contributed by atoms with Crippen molar-refractivity contribution < 1.29 is 14.4 Å². The van der Waals surface area contributed by atoms with E-state index < -0.39 is 0 Å². The SMILES string of the molecule is CCCN(CCC)C(=O)CCCC(=O)Nc1cccc(NC(=O)NCC)c1. The zero-order valence-corrected chi connectivity index (χ0v) is 16.6. The molecule has 150 valence electrons. The fourth-order valence-electron chi connectivity index (χ4n) is 2.69. The van der Waals surface area contributed by atoms with E-state index in [2.05, 4.69) is 29.8 Å². The van der Waals surface area contributed by atoms with Gasteiger partial charge in [-0.05, 0) is 44.4 Å². The molecule has 1 rings (SSSR count). The van der Waals surface area contributed by atoms with Crippen LogP contribution in [0.3, 0.4) is 0 Å². The molecule has 0 aliphatic heterocycles. The molecular formula is C20H32N4O3. The molecule has 0 aliphatic carbocycles. The number of anilines is 2. The maximum Gasteiger partial charge on any atom is 0.319 e. The van der Waals surface area contributed by atoms with Crippen molar-refractivity contribution in [2.75, 3.05) is 30.3 Å². The molecule has 4 amide bonds. The Kier molecular flexibility index (Phi) is 10.6. The Morgan fingerprint density at radius 1 is 0.926 bits per heavy atom. The molecule has 0 unspecified atom stereocenters. The molecule has 3 N–H and O–H groups in total. The lowest BCUT2D eigenvalue weighted by atomic mass is 10.2. The maximum atomic E-state index is 12.2. The predicted octanol–water partition coefficient (Wildman–Crippen LogP) is 3.59. The van der Waals surface area contributed by atoms with Crippen LogP contribution in [-0.4, -0.2) is 42.4 Å². The fraction of sp³-hybridized carbons (Fsp3) is 0.550. The van der Waals surface area contributed by atoms with Crippen LogP contribution in [0, 0.1) is 0 Å². The summed E-state index contributed by atoms with van der Waals surface area (Å²) in [6, 6.07) is 6.68. The van der Waals surface area contributed by atoms with Crippen molar-refractivity contribution in [3.63, 3.8) is 0 Å². The van der Waals surface area contributed by atoms with Crippen LogP contribution < -0.4 is 16.0 Å². The average molecular weight is 377 g/mol. The number of hydrogen-bond acceptors (Lipinski definition) is 3. The number of rotatable bonds is 11. The molecule has 0 saturated carbocycles. The molecule has 0 aliphatic rings. The van der Waals surface area contributed by atoms with E-state index in [1.807, 2.05) is 11.8 Å². The van der Waals surface area contributed by atoms with Gasteiger partial charge < -0.3 is 20.9 Å². The summed E-state index contributed by atoms with van der Waals surface area (Å²) in [5.41, 5.74) is 1.21. The van der Waals surface area contributed by atoms with Crippen molar-refractivity contribution in [2.24, 2.45) is 0 Å². The Morgan fingerprint density at radius 2 is 1.56 bits per heavy atom. The van der Waals surface area contributed by atoms with Crippen LogP contribution in [-0.2, 0) is 9.59 Å². The van der Waals surface area contributed by atoms with Crippen LogP contribution in [0.25, 0.3) is 0 Å². The second-order valence-corrected chi connectivity index (χ2v) is 6.35. The number of nitrogens with one attached hydrogen (secondary N) is 3. The highest BCUT2D eigenvalue weighted by atomic mass is 16.2. The molecule has 0 fully saturated rings. The summed E-state index contributed by atoms with van der Waals surface area (Å²) in [6.07, 6.45) is 3.06. The van der Waals surface area contributed by atoms with E-state index in [-0.39, 0.29) is 24.3 Å². The quantitative estimate of drug-likeness (QED) is 0.551. The van der Waals surface area contributed by atoms with Gasteiger partial charge in [0.05, 0.1) is 0 Å². The Balaban J connectivity index is 2.44. The minimum atomic E-state index is -0.289. The first-order valence-electron chi connectivity index (χ1n) is 9.72. The maximum absolute atomic E-state index is 12.2. The number of carbonyl (C=O) groups is 3. The number of urea groups is 1. The molecule has 0 aromatic heterocycles. The van der Waals surface area contributed by atoms with Crippen molar-refractivity contribution in [3.05, 3.63) is 24.3 Å². The number of nitrogens with zero attached hydrogens (tertiary/aromatic N) is 1. The van der Waals surface area contributed by atoms with Crippen molar-refractivity contribution in [1.82, 2.24) is 10.2 Å². The summed E-state index contributed by atoms with van der Waals surface area (Å²) >= 11 is 0. The summed E-state index contributed by atoms with van der Waals surface area (Å²) in [7, 11) is 0. The molecule has 0 bridgehead atoms. The van der Waals surface area contributed by atoms with Crippen LogP contribution in [0.1, 0.15) is 52.9 Å². The van der Waals surface area contributed by atoms with Crippen LogP contribution in [0.2, 0.25) is 0 Å². The zero-order valence-electron chi connectivity index (χ0n) is 16.6. The Labute approximate surface area is 161 Å². The van der Waals surface area contributed by atoms with E-state index >= 15 is 0 Å². The van der Waals surface area contributed by atoms with Crippen molar-refractivity contribution in [3.8, 4) is 0 Å². The first-order valence-corrected chi connectivity index (χ1v) is 9.72. The van der Waals surface area contributed by atoms with Gasteiger partial charge in [0.25, 0.3) is 0 Å². The number of hydrogen-bond donors (Lipinski definition) is 3. The summed E-state index contributed by atoms with van der Waals surface area (Å²) in [5, 5.41) is 8.15. The molecule has 7 heteroatoms. The van der Waals surface area contributed by atoms with E-state index in [9.17, 15) is 14.4 Å². The fourth-order valence-corrected chi connectivity index (χ4v) is 2.69. The van der Waals surface area contributed by atoms with Crippen LogP contribution in [0.5, 0.6) is 0 Å². The molecule has 0 heterocycles. The molecule has 7 nitrogen and oxygen atoms in total. The smallest absolute Gasteiger partial charge is 0.319 e. The van der Waals surface area contributed by atoms with Gasteiger partial charge in [0, 0.05) is 43.9 Å². The topological polar surface area (TPSA) is 90.5 Å². The largest absolute Gasteiger partial charge is 0.343 e. The lowest BCUT2D eigenvalue weighted by Crippen LogP contribution is -2.32. The number of amides is 4. The Hall–Kier alpha value is -2.57. The molecule has 0 radical (unpaired) electrons.